The highest BCUT2D eigenvalue weighted by molar-refractivity contribution is 5.89. The van der Waals surface area contributed by atoms with Gasteiger partial charge in [-0.1, -0.05) is 0 Å². The SMILES string of the molecule is Cn1nc(-c2ccc3ccn(C)c3n2)cc1Nc1cc(N)c2cnn(C)c2n1. The maximum atomic E-state index is 6.15. The quantitative estimate of drug-likeness (QED) is 0.504. The minimum atomic E-state index is 0.624. The van der Waals surface area contributed by atoms with Gasteiger partial charge in [-0.3, -0.25) is 9.36 Å². The number of rotatable bonds is 3. The number of nitrogen functional groups attached to an aromatic ring is 1. The number of hydrogen-bond donors (Lipinski definition) is 2. The minimum Gasteiger partial charge on any atom is -0.398 e. The van der Waals surface area contributed by atoms with E-state index in [1.54, 1.807) is 21.6 Å². The fraction of sp³-hybridized carbons (Fsp3) is 0.158. The number of anilines is 3. The normalized spacial score (nSPS) is 11.5. The number of nitrogens with two attached hydrogens (primary N) is 1. The van der Waals surface area contributed by atoms with Crippen molar-refractivity contribution in [3.8, 4) is 11.4 Å². The van der Waals surface area contributed by atoms with Crippen molar-refractivity contribution in [1.82, 2.24) is 34.1 Å². The summed E-state index contributed by atoms with van der Waals surface area (Å²) in [5.41, 5.74) is 10.0. The lowest BCUT2D eigenvalue weighted by atomic mass is 10.2. The van der Waals surface area contributed by atoms with Crippen LogP contribution in [0.1, 0.15) is 0 Å². The molecule has 5 aromatic rings. The number of fused-ring (bicyclic) bond motifs is 2. The van der Waals surface area contributed by atoms with E-state index >= 15 is 0 Å². The summed E-state index contributed by atoms with van der Waals surface area (Å²) in [5.74, 6) is 1.42. The van der Waals surface area contributed by atoms with Gasteiger partial charge in [0.2, 0.25) is 0 Å². The molecule has 140 valence electrons. The van der Waals surface area contributed by atoms with E-state index in [-0.39, 0.29) is 0 Å². The molecule has 0 aliphatic heterocycles. The molecule has 0 amide bonds. The molecule has 0 fully saturated rings. The van der Waals surface area contributed by atoms with Gasteiger partial charge in [0.25, 0.3) is 0 Å². The van der Waals surface area contributed by atoms with Gasteiger partial charge in [0.05, 0.1) is 17.3 Å². The van der Waals surface area contributed by atoms with Crippen molar-refractivity contribution in [3.05, 3.63) is 42.7 Å². The monoisotopic (exact) mass is 373 g/mol. The van der Waals surface area contributed by atoms with Crippen LogP contribution in [0.3, 0.4) is 0 Å². The number of pyridine rings is 2. The highest BCUT2D eigenvalue weighted by Crippen LogP contribution is 2.27. The first-order valence-electron chi connectivity index (χ1n) is 8.81. The number of aromatic nitrogens is 7. The first-order valence-corrected chi connectivity index (χ1v) is 8.81. The number of nitrogens with one attached hydrogen (secondary N) is 1. The average Bonchev–Trinajstić information content (AvgIpc) is 3.34. The Bertz CT molecular complexity index is 1340. The van der Waals surface area contributed by atoms with Gasteiger partial charge in [0, 0.05) is 50.5 Å². The lowest BCUT2D eigenvalue weighted by Crippen LogP contribution is -2.03. The highest BCUT2D eigenvalue weighted by atomic mass is 15.3. The van der Waals surface area contributed by atoms with Crippen LogP contribution in [-0.4, -0.2) is 34.1 Å². The van der Waals surface area contributed by atoms with E-state index < -0.39 is 0 Å². The Hall–Kier alpha value is -3.88. The van der Waals surface area contributed by atoms with Gasteiger partial charge in [-0.15, -0.1) is 0 Å². The third kappa shape index (κ3) is 2.48. The van der Waals surface area contributed by atoms with E-state index in [1.807, 2.05) is 50.1 Å². The average molecular weight is 373 g/mol. The van der Waals surface area contributed by atoms with E-state index in [9.17, 15) is 0 Å². The summed E-state index contributed by atoms with van der Waals surface area (Å²) >= 11 is 0. The van der Waals surface area contributed by atoms with Gasteiger partial charge in [-0.2, -0.15) is 10.2 Å². The van der Waals surface area contributed by atoms with Crippen molar-refractivity contribution in [2.45, 2.75) is 0 Å². The molecule has 0 radical (unpaired) electrons. The van der Waals surface area contributed by atoms with Gasteiger partial charge in [-0.25, -0.2) is 9.97 Å². The summed E-state index contributed by atoms with van der Waals surface area (Å²) < 4.78 is 5.46. The van der Waals surface area contributed by atoms with Gasteiger partial charge in [0.15, 0.2) is 5.65 Å². The van der Waals surface area contributed by atoms with Crippen molar-refractivity contribution < 1.29 is 0 Å². The standard InChI is InChI=1S/C19H19N9/c1-26-7-6-11-4-5-14(22-18(11)26)15-9-17(27(2)25-15)23-16-8-13(20)12-10-21-28(3)19(12)24-16/h4-10H,1-3H3,(H3,20,23,24). The Morgan fingerprint density at radius 2 is 1.79 bits per heavy atom. The third-order valence-corrected chi connectivity index (χ3v) is 4.85. The fourth-order valence-corrected chi connectivity index (χ4v) is 3.32. The summed E-state index contributed by atoms with van der Waals surface area (Å²) in [7, 11) is 5.69. The molecule has 5 rings (SSSR count). The second-order valence-electron chi connectivity index (χ2n) is 6.80. The molecule has 0 aliphatic rings. The predicted octanol–water partition coefficient (Wildman–Crippen LogP) is 2.58. The van der Waals surface area contributed by atoms with Gasteiger partial charge in [0.1, 0.15) is 23.0 Å². The number of hydrogen-bond acceptors (Lipinski definition) is 6. The van der Waals surface area contributed by atoms with Crippen molar-refractivity contribution in [2.24, 2.45) is 21.1 Å². The summed E-state index contributed by atoms with van der Waals surface area (Å²) in [4.78, 5) is 9.35. The van der Waals surface area contributed by atoms with Crippen LogP contribution in [0.15, 0.2) is 42.7 Å². The van der Waals surface area contributed by atoms with E-state index in [4.69, 9.17) is 10.7 Å². The van der Waals surface area contributed by atoms with Crippen LogP contribution in [0.2, 0.25) is 0 Å². The molecular weight excluding hydrogens is 354 g/mol. The van der Waals surface area contributed by atoms with Crippen LogP contribution < -0.4 is 11.1 Å². The Morgan fingerprint density at radius 3 is 2.64 bits per heavy atom. The van der Waals surface area contributed by atoms with Gasteiger partial charge >= 0.3 is 0 Å². The zero-order valence-electron chi connectivity index (χ0n) is 15.7. The Morgan fingerprint density at radius 1 is 0.929 bits per heavy atom. The maximum Gasteiger partial charge on any atom is 0.161 e. The predicted molar refractivity (Wildman–Crippen MR) is 109 cm³/mol. The Kier molecular flexibility index (Phi) is 3.38. The van der Waals surface area contributed by atoms with E-state index in [1.165, 1.54) is 0 Å². The minimum absolute atomic E-state index is 0.624. The van der Waals surface area contributed by atoms with Crippen LogP contribution >= 0.6 is 0 Å². The van der Waals surface area contributed by atoms with Crippen molar-refractivity contribution in [3.63, 3.8) is 0 Å². The lowest BCUT2D eigenvalue weighted by molar-refractivity contribution is 0.776. The van der Waals surface area contributed by atoms with Gasteiger partial charge in [-0.05, 0) is 18.2 Å². The van der Waals surface area contributed by atoms with Crippen molar-refractivity contribution in [2.75, 3.05) is 11.1 Å². The van der Waals surface area contributed by atoms with Crippen LogP contribution in [0.4, 0.5) is 17.3 Å². The second kappa shape index (κ2) is 5.81. The molecule has 0 saturated carbocycles. The van der Waals surface area contributed by atoms with Crippen LogP contribution in [0.5, 0.6) is 0 Å². The van der Waals surface area contributed by atoms with Crippen LogP contribution in [0, 0.1) is 0 Å². The lowest BCUT2D eigenvalue weighted by Gasteiger charge is -2.07. The molecule has 9 heteroatoms. The Balaban J connectivity index is 1.52. The number of aryl methyl sites for hydroxylation is 3. The molecule has 0 spiro atoms. The topological polar surface area (TPSA) is 104 Å². The molecular formula is C19H19N9. The summed E-state index contributed by atoms with van der Waals surface area (Å²) in [6.45, 7) is 0. The number of nitrogens with zero attached hydrogens (tertiary/aromatic N) is 7. The van der Waals surface area contributed by atoms with Crippen LogP contribution in [0.25, 0.3) is 33.5 Å². The summed E-state index contributed by atoms with van der Waals surface area (Å²) in [6.07, 6.45) is 3.71. The fourth-order valence-electron chi connectivity index (χ4n) is 3.32. The van der Waals surface area contributed by atoms with Crippen molar-refractivity contribution in [1.29, 1.82) is 0 Å². The van der Waals surface area contributed by atoms with Crippen molar-refractivity contribution >= 4 is 39.4 Å². The molecule has 0 atom stereocenters. The van der Waals surface area contributed by atoms with E-state index in [2.05, 4.69) is 26.6 Å². The smallest absolute Gasteiger partial charge is 0.161 e. The first kappa shape index (κ1) is 16.3. The molecule has 5 aromatic heterocycles. The molecule has 0 unspecified atom stereocenters. The molecule has 3 N–H and O–H groups in total. The Labute approximate surface area is 160 Å². The molecule has 5 heterocycles. The maximum absolute atomic E-state index is 6.15. The summed E-state index contributed by atoms with van der Waals surface area (Å²) in [6, 6.07) is 9.82. The zero-order valence-corrected chi connectivity index (χ0v) is 15.7. The molecule has 0 bridgehead atoms. The molecule has 0 aliphatic carbocycles. The molecule has 0 saturated heterocycles. The molecule has 28 heavy (non-hydrogen) atoms. The largest absolute Gasteiger partial charge is 0.398 e. The third-order valence-electron chi connectivity index (χ3n) is 4.85. The zero-order chi connectivity index (χ0) is 19.4. The summed E-state index contributed by atoms with van der Waals surface area (Å²) in [5, 5.41) is 14.0. The first-order chi connectivity index (χ1) is 13.5. The molecule has 9 nitrogen and oxygen atoms in total. The van der Waals surface area contributed by atoms with E-state index in [0.717, 1.165) is 39.3 Å². The second-order valence-corrected chi connectivity index (χ2v) is 6.80. The van der Waals surface area contributed by atoms with E-state index in [0.29, 0.717) is 11.5 Å². The van der Waals surface area contributed by atoms with Crippen LogP contribution in [-0.2, 0) is 21.1 Å². The molecule has 0 aromatic carbocycles. The van der Waals surface area contributed by atoms with Gasteiger partial charge < -0.3 is 15.6 Å². The highest BCUT2D eigenvalue weighted by Gasteiger charge is 2.13.